The van der Waals surface area contributed by atoms with Crippen LogP contribution in [0.5, 0.6) is 23.0 Å². The zero-order chi connectivity index (χ0) is 22.0. The number of esters is 1. The molecule has 4 rings (SSSR count). The van der Waals surface area contributed by atoms with Crippen LogP contribution in [0, 0.1) is 0 Å². The van der Waals surface area contributed by atoms with Gasteiger partial charge in [-0.3, -0.25) is 4.79 Å². The number of furan rings is 1. The average Bonchev–Trinajstić information content (AvgIpc) is 3.33. The number of carbonyl (C=O) groups excluding carboxylic acids is 1. The summed E-state index contributed by atoms with van der Waals surface area (Å²) < 4.78 is 32.2. The molecule has 0 unspecified atom stereocenters. The number of ether oxygens (including phenoxy) is 4. The molecule has 8 heteroatoms. The van der Waals surface area contributed by atoms with Gasteiger partial charge in [0.2, 0.25) is 5.75 Å². The van der Waals surface area contributed by atoms with E-state index in [1.807, 2.05) is 0 Å². The molecular formula is C23H18O8. The van der Waals surface area contributed by atoms with Crippen molar-refractivity contribution < 1.29 is 32.6 Å². The third-order valence-electron chi connectivity index (χ3n) is 4.57. The average molecular weight is 422 g/mol. The normalized spacial score (nSPS) is 10.7. The van der Waals surface area contributed by atoms with E-state index in [0.717, 1.165) is 0 Å². The van der Waals surface area contributed by atoms with Crippen molar-refractivity contribution in [2.24, 2.45) is 0 Å². The molecule has 4 aromatic rings. The van der Waals surface area contributed by atoms with Crippen LogP contribution in [0.2, 0.25) is 0 Å². The lowest BCUT2D eigenvalue weighted by Gasteiger charge is -2.13. The van der Waals surface area contributed by atoms with E-state index in [-0.39, 0.29) is 22.1 Å². The van der Waals surface area contributed by atoms with Crippen LogP contribution >= 0.6 is 0 Å². The summed E-state index contributed by atoms with van der Waals surface area (Å²) in [5, 5.41) is 0.269. The monoisotopic (exact) mass is 422 g/mol. The Balaban J connectivity index is 1.66. The highest BCUT2D eigenvalue weighted by Crippen LogP contribution is 2.38. The van der Waals surface area contributed by atoms with E-state index in [1.54, 1.807) is 18.2 Å². The van der Waals surface area contributed by atoms with Crippen molar-refractivity contribution in [2.75, 3.05) is 21.3 Å². The first-order valence-electron chi connectivity index (χ1n) is 9.18. The predicted octanol–water partition coefficient (Wildman–Crippen LogP) is 4.30. The summed E-state index contributed by atoms with van der Waals surface area (Å²) in [6.07, 6.45) is 1.49. The Labute approximate surface area is 176 Å². The van der Waals surface area contributed by atoms with Gasteiger partial charge in [0.25, 0.3) is 0 Å². The second-order valence-electron chi connectivity index (χ2n) is 6.41. The van der Waals surface area contributed by atoms with Gasteiger partial charge in [-0.2, -0.15) is 0 Å². The van der Waals surface area contributed by atoms with E-state index < -0.39 is 5.97 Å². The standard InChI is InChI=1S/C23H18O8/c1-26-20-9-13(10-21(27-2)22(20)28-3)23(25)30-14-6-7-17-15(11-14)16(24)12-19(31-17)18-5-4-8-29-18/h4-12H,1-3H3. The first-order valence-corrected chi connectivity index (χ1v) is 9.18. The topological polar surface area (TPSA) is 97.3 Å². The summed E-state index contributed by atoms with van der Waals surface area (Å²) in [5.41, 5.74) is 0.236. The van der Waals surface area contributed by atoms with Crippen LogP contribution in [-0.2, 0) is 0 Å². The minimum atomic E-state index is -0.657. The highest BCUT2D eigenvalue weighted by molar-refractivity contribution is 5.93. The Morgan fingerprint density at radius 3 is 2.23 bits per heavy atom. The predicted molar refractivity (Wildman–Crippen MR) is 111 cm³/mol. The molecule has 0 radical (unpaired) electrons. The van der Waals surface area contributed by atoms with Crippen LogP contribution in [0.15, 0.2) is 68.4 Å². The molecule has 0 spiro atoms. The zero-order valence-electron chi connectivity index (χ0n) is 17.0. The van der Waals surface area contributed by atoms with Crippen molar-refractivity contribution >= 4 is 16.9 Å². The fourth-order valence-electron chi connectivity index (χ4n) is 3.10. The molecule has 0 N–H and O–H groups in total. The van der Waals surface area contributed by atoms with Crippen LogP contribution in [0.3, 0.4) is 0 Å². The van der Waals surface area contributed by atoms with Gasteiger partial charge >= 0.3 is 5.97 Å². The summed E-state index contributed by atoms with van der Waals surface area (Å²) in [7, 11) is 4.37. The molecule has 0 aliphatic carbocycles. The van der Waals surface area contributed by atoms with Gasteiger partial charge in [-0.25, -0.2) is 4.79 Å². The highest BCUT2D eigenvalue weighted by atomic mass is 16.5. The van der Waals surface area contributed by atoms with Crippen LogP contribution < -0.4 is 24.4 Å². The summed E-state index contributed by atoms with van der Waals surface area (Å²) in [5.74, 6) is 1.27. The van der Waals surface area contributed by atoms with Crippen molar-refractivity contribution in [1.29, 1.82) is 0 Å². The van der Waals surface area contributed by atoms with Crippen molar-refractivity contribution in [3.63, 3.8) is 0 Å². The smallest absolute Gasteiger partial charge is 0.343 e. The Morgan fingerprint density at radius 2 is 1.61 bits per heavy atom. The molecule has 0 aliphatic rings. The second kappa shape index (κ2) is 8.27. The number of benzene rings is 2. The Morgan fingerprint density at radius 1 is 0.871 bits per heavy atom. The van der Waals surface area contributed by atoms with Crippen molar-refractivity contribution in [3.8, 4) is 34.5 Å². The summed E-state index contributed by atoms with van der Waals surface area (Å²) in [6, 6.07) is 12.2. The minimum Gasteiger partial charge on any atom is -0.493 e. The van der Waals surface area contributed by atoms with E-state index in [1.165, 1.54) is 57.9 Å². The first kappa shape index (κ1) is 20.1. The lowest BCUT2D eigenvalue weighted by molar-refractivity contribution is 0.0734. The zero-order valence-corrected chi connectivity index (χ0v) is 17.0. The quantitative estimate of drug-likeness (QED) is 0.335. The van der Waals surface area contributed by atoms with Gasteiger partial charge in [0, 0.05) is 6.07 Å². The van der Waals surface area contributed by atoms with Gasteiger partial charge in [-0.1, -0.05) is 0 Å². The number of rotatable bonds is 6. The van der Waals surface area contributed by atoms with E-state index >= 15 is 0 Å². The van der Waals surface area contributed by atoms with E-state index in [4.69, 9.17) is 27.8 Å². The van der Waals surface area contributed by atoms with Gasteiger partial charge in [0.15, 0.2) is 28.4 Å². The molecule has 0 bridgehead atoms. The number of hydrogen-bond acceptors (Lipinski definition) is 8. The highest BCUT2D eigenvalue weighted by Gasteiger charge is 2.19. The molecule has 8 nitrogen and oxygen atoms in total. The van der Waals surface area contributed by atoms with Crippen LogP contribution in [0.1, 0.15) is 10.4 Å². The lowest BCUT2D eigenvalue weighted by Crippen LogP contribution is -2.10. The van der Waals surface area contributed by atoms with E-state index in [9.17, 15) is 9.59 Å². The molecule has 0 amide bonds. The molecule has 0 saturated carbocycles. The molecule has 0 saturated heterocycles. The number of hydrogen-bond donors (Lipinski definition) is 0. The maximum absolute atomic E-state index is 12.7. The summed E-state index contributed by atoms with van der Waals surface area (Å²) >= 11 is 0. The van der Waals surface area contributed by atoms with Gasteiger partial charge in [0.05, 0.1) is 38.5 Å². The van der Waals surface area contributed by atoms with Crippen LogP contribution in [-0.4, -0.2) is 27.3 Å². The molecule has 31 heavy (non-hydrogen) atoms. The van der Waals surface area contributed by atoms with E-state index in [2.05, 4.69) is 0 Å². The number of fused-ring (bicyclic) bond motifs is 1. The Hall–Kier alpha value is -4.20. The summed E-state index contributed by atoms with van der Waals surface area (Å²) in [6.45, 7) is 0. The number of carbonyl (C=O) groups is 1. The maximum Gasteiger partial charge on any atom is 0.343 e. The lowest BCUT2D eigenvalue weighted by atomic mass is 10.1. The molecule has 0 fully saturated rings. The van der Waals surface area contributed by atoms with E-state index in [0.29, 0.717) is 34.4 Å². The SMILES string of the molecule is COc1cc(C(=O)Oc2ccc3oc(-c4ccco4)cc(=O)c3c2)cc(OC)c1OC. The van der Waals surface area contributed by atoms with Gasteiger partial charge in [-0.05, 0) is 42.5 Å². The molecule has 0 atom stereocenters. The van der Waals surface area contributed by atoms with Crippen molar-refractivity contribution in [1.82, 2.24) is 0 Å². The van der Waals surface area contributed by atoms with Gasteiger partial charge < -0.3 is 27.8 Å². The third-order valence-corrected chi connectivity index (χ3v) is 4.57. The molecule has 2 heterocycles. The number of methoxy groups -OCH3 is 3. The molecule has 2 aromatic carbocycles. The van der Waals surface area contributed by atoms with Crippen molar-refractivity contribution in [2.45, 2.75) is 0 Å². The molecular weight excluding hydrogens is 404 g/mol. The van der Waals surface area contributed by atoms with Crippen LogP contribution in [0.4, 0.5) is 0 Å². The van der Waals surface area contributed by atoms with Crippen molar-refractivity contribution in [3.05, 3.63) is 70.6 Å². The molecule has 2 aromatic heterocycles. The third kappa shape index (κ3) is 3.83. The first-order chi connectivity index (χ1) is 15.0. The van der Waals surface area contributed by atoms with Gasteiger partial charge in [0.1, 0.15) is 11.3 Å². The fourth-order valence-corrected chi connectivity index (χ4v) is 3.10. The largest absolute Gasteiger partial charge is 0.493 e. The van der Waals surface area contributed by atoms with Crippen LogP contribution in [0.25, 0.3) is 22.5 Å². The Kier molecular flexibility index (Phi) is 5.36. The maximum atomic E-state index is 12.7. The summed E-state index contributed by atoms with van der Waals surface area (Å²) in [4.78, 5) is 25.2. The molecule has 158 valence electrons. The molecule has 0 aliphatic heterocycles. The Bertz CT molecular complexity index is 1280. The second-order valence-corrected chi connectivity index (χ2v) is 6.41. The minimum absolute atomic E-state index is 0.185. The van der Waals surface area contributed by atoms with Gasteiger partial charge in [-0.15, -0.1) is 0 Å². The fraction of sp³-hybridized carbons (Fsp3) is 0.130.